The van der Waals surface area contributed by atoms with Crippen molar-refractivity contribution in [3.05, 3.63) is 59.8 Å². The zero-order valence-electron chi connectivity index (χ0n) is 19.0. The summed E-state index contributed by atoms with van der Waals surface area (Å²) < 4.78 is 117. The van der Waals surface area contributed by atoms with Crippen molar-refractivity contribution in [1.29, 1.82) is 0 Å². The molecule has 1 aromatic heterocycles. The van der Waals surface area contributed by atoms with E-state index in [1.165, 1.54) is 30.3 Å². The van der Waals surface area contributed by atoms with Crippen molar-refractivity contribution in [2.75, 3.05) is 12.5 Å². The van der Waals surface area contributed by atoms with Crippen LogP contribution < -0.4 is 14.2 Å². The Balaban J connectivity index is 1.51. The maximum atomic E-state index is 13.5. The summed E-state index contributed by atoms with van der Waals surface area (Å²) in [7, 11) is -4.54. The Kier molecular flexibility index (Phi) is 7.23. The first-order valence-electron chi connectivity index (χ1n) is 10.6. The molecule has 3 aromatic rings. The molecule has 1 aliphatic heterocycles. The molecule has 0 fully saturated rings. The molecule has 0 saturated carbocycles. The largest absolute Gasteiger partial charge is 0.573 e. The number of fused-ring (bicyclic) bond motifs is 1. The number of ether oxygens (including phenoxy) is 3. The van der Waals surface area contributed by atoms with E-state index in [0.717, 1.165) is 12.1 Å². The third-order valence-electron chi connectivity index (χ3n) is 5.15. The molecule has 2 heterocycles. The number of hydrogen-bond acceptors (Lipinski definition) is 8. The number of carbonyl (C=O) groups is 1. The molecule has 0 spiro atoms. The van der Waals surface area contributed by atoms with E-state index in [2.05, 4.69) is 14.7 Å². The topological polar surface area (TPSA) is 105 Å². The molecule has 0 unspecified atom stereocenters. The lowest BCUT2D eigenvalue weighted by Crippen LogP contribution is -2.19. The van der Waals surface area contributed by atoms with Gasteiger partial charge < -0.3 is 14.2 Å². The Hall–Kier alpha value is -3.88. The molecule has 0 aliphatic carbocycles. The molecule has 0 radical (unpaired) electrons. The van der Waals surface area contributed by atoms with E-state index in [9.17, 15) is 39.6 Å². The fourth-order valence-corrected chi connectivity index (χ4v) is 4.53. The molecule has 0 bridgehead atoms. The number of aromatic nitrogens is 2. The van der Waals surface area contributed by atoms with Gasteiger partial charge in [-0.15, -0.1) is 13.2 Å². The predicted molar refractivity (Wildman–Crippen MR) is 117 cm³/mol. The van der Waals surface area contributed by atoms with Crippen LogP contribution in [0.1, 0.15) is 17.7 Å². The number of carbonyl (C=O) groups excluding carboxylic acids is 1. The summed E-state index contributed by atoms with van der Waals surface area (Å²) in [5.74, 6) is -1.42. The molecule has 0 N–H and O–H groups in total. The summed E-state index contributed by atoms with van der Waals surface area (Å²) in [6.45, 7) is -0.0878. The molecule has 38 heavy (non-hydrogen) atoms. The van der Waals surface area contributed by atoms with Gasteiger partial charge in [-0.25, -0.2) is 18.4 Å². The Morgan fingerprint density at radius 3 is 2.26 bits per heavy atom. The van der Waals surface area contributed by atoms with Crippen molar-refractivity contribution < 1.29 is 53.8 Å². The lowest BCUT2D eigenvalue weighted by Gasteiger charge is -2.11. The number of hydrogen-bond donors (Lipinski definition) is 0. The second-order valence-corrected chi connectivity index (χ2v) is 9.97. The lowest BCUT2D eigenvalue weighted by atomic mass is 10.1. The first-order valence-corrected chi connectivity index (χ1v) is 12.3. The van der Waals surface area contributed by atoms with Crippen LogP contribution in [0.2, 0.25) is 0 Å². The molecule has 202 valence electrons. The minimum Gasteiger partial charge on any atom is -0.454 e. The standard InChI is InChI=1S/C23H16F6N2O6S/c24-22(25,26)20-11-17(14-3-6-18-19(10-14)36-12-35-18)30-21(31-20)38(33,34)8-7-15(32)9-13-1-4-16(5-2-13)37-23(27,28)29/h1-6,10-11H,7-9,12H2. The Labute approximate surface area is 211 Å². The van der Waals surface area contributed by atoms with Crippen LogP contribution in [-0.4, -0.2) is 43.1 Å². The number of Topliss-reactive ketones (excluding diaryl/α,β-unsaturated/α-hetero) is 1. The van der Waals surface area contributed by atoms with Gasteiger partial charge in [0.15, 0.2) is 11.5 Å². The second kappa shape index (κ2) is 10.1. The van der Waals surface area contributed by atoms with Crippen molar-refractivity contribution in [2.24, 2.45) is 0 Å². The SMILES string of the molecule is O=C(CCS(=O)(=O)c1nc(-c2ccc3c(c2)OCO3)cc(C(F)(F)F)n1)Cc1ccc(OC(F)(F)F)cc1. The van der Waals surface area contributed by atoms with Gasteiger partial charge in [0.25, 0.3) is 0 Å². The van der Waals surface area contributed by atoms with Crippen LogP contribution in [-0.2, 0) is 27.2 Å². The van der Waals surface area contributed by atoms with E-state index in [4.69, 9.17) is 9.47 Å². The fourth-order valence-electron chi connectivity index (χ4n) is 3.38. The molecule has 0 amide bonds. The van der Waals surface area contributed by atoms with Gasteiger partial charge in [0.1, 0.15) is 17.2 Å². The monoisotopic (exact) mass is 562 g/mol. The zero-order valence-corrected chi connectivity index (χ0v) is 19.8. The zero-order chi connectivity index (χ0) is 27.7. The van der Waals surface area contributed by atoms with E-state index < -0.39 is 56.9 Å². The van der Waals surface area contributed by atoms with Gasteiger partial charge in [0, 0.05) is 18.4 Å². The van der Waals surface area contributed by atoms with Gasteiger partial charge in [-0.05, 0) is 42.0 Å². The highest BCUT2D eigenvalue weighted by Crippen LogP contribution is 2.37. The predicted octanol–water partition coefficient (Wildman–Crippen LogP) is 4.77. The summed E-state index contributed by atoms with van der Waals surface area (Å²) in [5, 5.41) is -1.11. The van der Waals surface area contributed by atoms with Crippen molar-refractivity contribution in [3.63, 3.8) is 0 Å². The molecule has 15 heteroatoms. The first-order chi connectivity index (χ1) is 17.7. The van der Waals surface area contributed by atoms with Crippen LogP contribution in [0.4, 0.5) is 26.3 Å². The van der Waals surface area contributed by atoms with Crippen molar-refractivity contribution in [1.82, 2.24) is 9.97 Å². The van der Waals surface area contributed by atoms with Gasteiger partial charge in [-0.2, -0.15) is 13.2 Å². The minimum atomic E-state index is -4.99. The van der Waals surface area contributed by atoms with Gasteiger partial charge in [-0.1, -0.05) is 12.1 Å². The van der Waals surface area contributed by atoms with Crippen molar-refractivity contribution in [3.8, 4) is 28.5 Å². The number of sulfone groups is 1. The average Bonchev–Trinajstić information content (AvgIpc) is 3.30. The minimum absolute atomic E-state index is 0.0878. The molecule has 4 rings (SSSR count). The molecule has 0 saturated heterocycles. The van der Waals surface area contributed by atoms with Crippen molar-refractivity contribution >= 4 is 15.6 Å². The van der Waals surface area contributed by atoms with Crippen molar-refractivity contribution in [2.45, 2.75) is 30.5 Å². The summed E-state index contributed by atoms with van der Waals surface area (Å²) in [6.07, 6.45) is -10.8. The summed E-state index contributed by atoms with van der Waals surface area (Å²) in [4.78, 5) is 19.3. The first kappa shape index (κ1) is 27.2. The van der Waals surface area contributed by atoms with Crippen LogP contribution in [0.25, 0.3) is 11.3 Å². The number of ketones is 1. The lowest BCUT2D eigenvalue weighted by molar-refractivity contribution is -0.274. The highest BCUT2D eigenvalue weighted by Gasteiger charge is 2.36. The van der Waals surface area contributed by atoms with Gasteiger partial charge >= 0.3 is 12.5 Å². The van der Waals surface area contributed by atoms with Crippen LogP contribution in [0, 0.1) is 0 Å². The van der Waals surface area contributed by atoms with E-state index in [0.29, 0.717) is 11.8 Å². The molecule has 1 aliphatic rings. The highest BCUT2D eigenvalue weighted by atomic mass is 32.2. The third-order valence-corrected chi connectivity index (χ3v) is 6.63. The number of nitrogens with zero attached hydrogens (tertiary/aromatic N) is 2. The molecule has 0 atom stereocenters. The molecule has 8 nitrogen and oxygen atoms in total. The number of benzene rings is 2. The number of halogens is 6. The van der Waals surface area contributed by atoms with Crippen LogP contribution in [0.5, 0.6) is 17.2 Å². The van der Waals surface area contributed by atoms with E-state index in [-0.39, 0.29) is 35.8 Å². The second-order valence-electron chi connectivity index (χ2n) is 7.96. The third kappa shape index (κ3) is 6.70. The number of rotatable bonds is 8. The fraction of sp³-hybridized carbons (Fsp3) is 0.261. The van der Waals surface area contributed by atoms with Gasteiger partial charge in [0.2, 0.25) is 21.8 Å². The summed E-state index contributed by atoms with van der Waals surface area (Å²) in [5.41, 5.74) is -1.43. The highest BCUT2D eigenvalue weighted by molar-refractivity contribution is 7.91. The van der Waals surface area contributed by atoms with Crippen LogP contribution in [0.3, 0.4) is 0 Å². The van der Waals surface area contributed by atoms with Gasteiger partial charge in [0.05, 0.1) is 11.4 Å². The van der Waals surface area contributed by atoms with Crippen LogP contribution in [0.15, 0.2) is 53.7 Å². The quantitative estimate of drug-likeness (QED) is 0.286. The number of alkyl halides is 6. The maximum Gasteiger partial charge on any atom is 0.573 e. The van der Waals surface area contributed by atoms with E-state index in [1.807, 2.05) is 0 Å². The van der Waals surface area contributed by atoms with Crippen LogP contribution >= 0.6 is 0 Å². The summed E-state index contributed by atoms with van der Waals surface area (Å²) in [6, 6.07) is 9.11. The Morgan fingerprint density at radius 2 is 1.61 bits per heavy atom. The smallest absolute Gasteiger partial charge is 0.454 e. The molecular formula is C23H16F6N2O6S. The van der Waals surface area contributed by atoms with Gasteiger partial charge in [-0.3, -0.25) is 4.79 Å². The van der Waals surface area contributed by atoms with E-state index >= 15 is 0 Å². The molecule has 2 aromatic carbocycles. The maximum absolute atomic E-state index is 13.5. The molecular weight excluding hydrogens is 546 g/mol. The Morgan fingerprint density at radius 1 is 0.921 bits per heavy atom. The normalized spacial score (nSPS) is 13.4. The summed E-state index contributed by atoms with van der Waals surface area (Å²) >= 11 is 0. The van der Waals surface area contributed by atoms with E-state index in [1.54, 1.807) is 0 Å². The average molecular weight is 562 g/mol. The Bertz CT molecular complexity index is 1460.